The van der Waals surface area contributed by atoms with Crippen molar-refractivity contribution in [3.05, 3.63) is 53.6 Å². The maximum atomic E-state index is 5.43. The van der Waals surface area contributed by atoms with Gasteiger partial charge in [0.2, 0.25) is 0 Å². The Kier molecular flexibility index (Phi) is 6.65. The van der Waals surface area contributed by atoms with Crippen LogP contribution in [-0.2, 0) is 0 Å². The molecule has 0 amide bonds. The largest absolute Gasteiger partial charge is 0.493 e. The third-order valence-corrected chi connectivity index (χ3v) is 4.31. The highest BCUT2D eigenvalue weighted by Crippen LogP contribution is 2.29. The van der Waals surface area contributed by atoms with Crippen molar-refractivity contribution in [1.82, 2.24) is 5.32 Å². The van der Waals surface area contributed by atoms with E-state index >= 15 is 0 Å². The number of rotatable bonds is 6. The minimum atomic E-state index is 0.112. The van der Waals surface area contributed by atoms with E-state index in [9.17, 15) is 0 Å². The minimum Gasteiger partial charge on any atom is -0.493 e. The summed E-state index contributed by atoms with van der Waals surface area (Å²) in [5, 5.41) is 7.05. The highest BCUT2D eigenvalue weighted by Gasteiger charge is 2.10. The first kappa shape index (κ1) is 19.1. The molecule has 0 fully saturated rings. The zero-order valence-corrected chi connectivity index (χ0v) is 16.2. The number of ether oxygens (including phenoxy) is 2. The molecule has 1 atom stereocenters. The molecule has 0 heterocycles. The van der Waals surface area contributed by atoms with Crippen molar-refractivity contribution >= 4 is 23.0 Å². The summed E-state index contributed by atoms with van der Waals surface area (Å²) in [5.41, 5.74) is 3.38. The number of hydrogen-bond acceptors (Lipinski definition) is 3. The first-order valence-corrected chi connectivity index (χ1v) is 8.74. The van der Waals surface area contributed by atoms with E-state index in [-0.39, 0.29) is 6.04 Å². The molecule has 0 aromatic heterocycles. The molecule has 2 rings (SSSR count). The van der Waals surface area contributed by atoms with Crippen molar-refractivity contribution in [2.45, 2.75) is 32.7 Å². The fourth-order valence-corrected chi connectivity index (χ4v) is 2.83. The summed E-state index contributed by atoms with van der Waals surface area (Å²) in [7, 11) is 3.23. The predicted octanol–water partition coefficient (Wildman–Crippen LogP) is 4.87. The molecule has 134 valence electrons. The quantitative estimate of drug-likeness (QED) is 0.721. The molecule has 5 heteroatoms. The first-order chi connectivity index (χ1) is 11.9. The lowest BCUT2D eigenvalue weighted by Crippen LogP contribution is -2.30. The molecule has 0 aliphatic carbocycles. The van der Waals surface area contributed by atoms with Crippen LogP contribution in [0.3, 0.4) is 0 Å². The van der Waals surface area contributed by atoms with Crippen LogP contribution in [0.25, 0.3) is 0 Å². The summed E-state index contributed by atoms with van der Waals surface area (Å²) in [6.07, 6.45) is 0. The molecule has 2 aromatic rings. The van der Waals surface area contributed by atoms with Gasteiger partial charge in [0.25, 0.3) is 0 Å². The van der Waals surface area contributed by atoms with Gasteiger partial charge in [-0.25, -0.2) is 0 Å². The Balaban J connectivity index is 1.99. The van der Waals surface area contributed by atoms with Gasteiger partial charge in [0, 0.05) is 11.8 Å². The van der Waals surface area contributed by atoms with Gasteiger partial charge in [0.15, 0.2) is 16.6 Å². The van der Waals surface area contributed by atoms with E-state index in [2.05, 4.69) is 55.7 Å². The number of hydrogen-bond donors (Lipinski definition) is 2. The van der Waals surface area contributed by atoms with E-state index in [1.807, 2.05) is 18.2 Å². The van der Waals surface area contributed by atoms with Crippen LogP contribution in [0.4, 0.5) is 5.69 Å². The summed E-state index contributed by atoms with van der Waals surface area (Å²) in [6.45, 7) is 6.48. The maximum Gasteiger partial charge on any atom is 0.171 e. The van der Waals surface area contributed by atoms with E-state index in [4.69, 9.17) is 21.7 Å². The normalized spacial score (nSPS) is 11.8. The fraction of sp³-hybridized carbons (Fsp3) is 0.350. The van der Waals surface area contributed by atoms with E-state index in [0.29, 0.717) is 22.5 Å². The second-order valence-electron chi connectivity index (χ2n) is 6.21. The van der Waals surface area contributed by atoms with Crippen LogP contribution < -0.4 is 20.1 Å². The van der Waals surface area contributed by atoms with Crippen molar-refractivity contribution < 1.29 is 9.47 Å². The van der Waals surface area contributed by atoms with Gasteiger partial charge in [0.05, 0.1) is 20.3 Å². The summed E-state index contributed by atoms with van der Waals surface area (Å²) >= 11 is 5.43. The molecule has 0 bridgehead atoms. The van der Waals surface area contributed by atoms with Gasteiger partial charge in [-0.3, -0.25) is 0 Å². The Hall–Kier alpha value is -2.27. The van der Waals surface area contributed by atoms with Gasteiger partial charge >= 0.3 is 0 Å². The third kappa shape index (κ3) is 5.10. The molecule has 0 radical (unpaired) electrons. The van der Waals surface area contributed by atoms with Gasteiger partial charge in [0.1, 0.15) is 0 Å². The van der Waals surface area contributed by atoms with Gasteiger partial charge < -0.3 is 20.1 Å². The van der Waals surface area contributed by atoms with Crippen LogP contribution in [-0.4, -0.2) is 19.3 Å². The van der Waals surface area contributed by atoms with Crippen molar-refractivity contribution in [2.24, 2.45) is 0 Å². The Labute approximate surface area is 155 Å². The second kappa shape index (κ2) is 8.72. The highest BCUT2D eigenvalue weighted by molar-refractivity contribution is 7.80. The zero-order chi connectivity index (χ0) is 18.4. The van der Waals surface area contributed by atoms with Crippen molar-refractivity contribution in [2.75, 3.05) is 19.5 Å². The van der Waals surface area contributed by atoms with Gasteiger partial charge in [-0.1, -0.05) is 38.1 Å². The number of anilines is 1. The molecule has 4 nitrogen and oxygen atoms in total. The van der Waals surface area contributed by atoms with Crippen molar-refractivity contribution in [1.29, 1.82) is 0 Å². The van der Waals surface area contributed by atoms with Crippen LogP contribution in [0.1, 0.15) is 43.9 Å². The standard InChI is InChI=1S/C20H26N2O2S/c1-13(2)15-6-8-16(9-7-15)14(3)21-20(25)22-17-10-11-18(23-4)19(12-17)24-5/h6-14H,1-5H3,(H2,21,22,25). The number of nitrogens with one attached hydrogen (secondary N) is 2. The summed E-state index contributed by atoms with van der Waals surface area (Å²) in [4.78, 5) is 0. The summed E-state index contributed by atoms with van der Waals surface area (Å²) < 4.78 is 10.6. The molecule has 0 aliphatic heterocycles. The van der Waals surface area contributed by atoms with E-state index in [1.165, 1.54) is 11.1 Å². The average molecular weight is 359 g/mol. The molecule has 1 unspecified atom stereocenters. The average Bonchev–Trinajstić information content (AvgIpc) is 2.61. The molecular weight excluding hydrogens is 332 g/mol. The van der Waals surface area contributed by atoms with Crippen molar-refractivity contribution in [3.8, 4) is 11.5 Å². The van der Waals surface area contributed by atoms with Crippen molar-refractivity contribution in [3.63, 3.8) is 0 Å². The van der Waals surface area contributed by atoms with Crippen LogP contribution in [0.2, 0.25) is 0 Å². The maximum absolute atomic E-state index is 5.43. The fourth-order valence-electron chi connectivity index (χ4n) is 2.53. The third-order valence-electron chi connectivity index (χ3n) is 4.09. The SMILES string of the molecule is COc1ccc(NC(=S)NC(C)c2ccc(C(C)C)cc2)cc1OC. The summed E-state index contributed by atoms with van der Waals surface area (Å²) in [5.74, 6) is 1.88. The lowest BCUT2D eigenvalue weighted by Gasteiger charge is -2.18. The highest BCUT2D eigenvalue weighted by atomic mass is 32.1. The molecule has 25 heavy (non-hydrogen) atoms. The van der Waals surface area contributed by atoms with E-state index in [1.54, 1.807) is 14.2 Å². The smallest absolute Gasteiger partial charge is 0.171 e. The van der Waals surface area contributed by atoms with Gasteiger partial charge in [-0.05, 0) is 48.3 Å². The lowest BCUT2D eigenvalue weighted by atomic mass is 10.00. The Bertz CT molecular complexity index is 714. The number of benzene rings is 2. The van der Waals surface area contributed by atoms with Crippen LogP contribution in [0.5, 0.6) is 11.5 Å². The Morgan fingerprint density at radius 2 is 1.48 bits per heavy atom. The molecular formula is C20H26N2O2S. The zero-order valence-electron chi connectivity index (χ0n) is 15.4. The minimum absolute atomic E-state index is 0.112. The molecule has 0 saturated heterocycles. The Morgan fingerprint density at radius 1 is 0.880 bits per heavy atom. The monoisotopic (exact) mass is 358 g/mol. The second-order valence-corrected chi connectivity index (χ2v) is 6.62. The number of thiocarbonyl (C=S) groups is 1. The molecule has 2 aromatic carbocycles. The molecule has 0 spiro atoms. The van der Waals surface area contributed by atoms with Gasteiger partial charge in [-0.15, -0.1) is 0 Å². The van der Waals surface area contributed by atoms with Crippen LogP contribution >= 0.6 is 12.2 Å². The molecule has 2 N–H and O–H groups in total. The van der Waals surface area contributed by atoms with Gasteiger partial charge in [-0.2, -0.15) is 0 Å². The molecule has 0 saturated carbocycles. The topological polar surface area (TPSA) is 42.5 Å². The van der Waals surface area contributed by atoms with Crippen LogP contribution in [0.15, 0.2) is 42.5 Å². The molecule has 0 aliphatic rings. The Morgan fingerprint density at radius 3 is 2.04 bits per heavy atom. The first-order valence-electron chi connectivity index (χ1n) is 8.34. The van der Waals surface area contributed by atoms with E-state index < -0.39 is 0 Å². The summed E-state index contributed by atoms with van der Waals surface area (Å²) in [6, 6.07) is 14.3. The van der Waals surface area contributed by atoms with Crippen LogP contribution in [0, 0.1) is 0 Å². The van der Waals surface area contributed by atoms with E-state index in [0.717, 1.165) is 5.69 Å². The lowest BCUT2D eigenvalue weighted by molar-refractivity contribution is 0.355. The number of methoxy groups -OCH3 is 2. The predicted molar refractivity (Wildman–Crippen MR) is 108 cm³/mol.